The molecule has 3 rings (SSSR count). The van der Waals surface area contributed by atoms with E-state index in [0.29, 0.717) is 12.0 Å². The zero-order valence-electron chi connectivity index (χ0n) is 20.6. The van der Waals surface area contributed by atoms with Crippen LogP contribution >= 0.6 is 0 Å². The van der Waals surface area contributed by atoms with Crippen LogP contribution in [-0.2, 0) is 21.1 Å². The Morgan fingerprint density at radius 1 is 0.886 bits per heavy atom. The number of benzene rings is 3. The molecule has 0 aliphatic carbocycles. The van der Waals surface area contributed by atoms with Gasteiger partial charge in [0.25, 0.3) is 0 Å². The number of aryl methyl sites for hydroxylation is 1. The van der Waals surface area contributed by atoms with Crippen molar-refractivity contribution in [1.82, 2.24) is 0 Å². The summed E-state index contributed by atoms with van der Waals surface area (Å²) in [6, 6.07) is 20.7. The summed E-state index contributed by atoms with van der Waals surface area (Å²) in [6.45, 7) is 5.71. The van der Waals surface area contributed by atoms with Gasteiger partial charge in [0.2, 0.25) is 0 Å². The van der Waals surface area contributed by atoms with Crippen LogP contribution in [0.15, 0.2) is 66.7 Å². The predicted octanol–water partition coefficient (Wildman–Crippen LogP) is 6.00. The van der Waals surface area contributed by atoms with Crippen LogP contribution in [0.25, 0.3) is 11.1 Å². The molecule has 35 heavy (non-hydrogen) atoms. The van der Waals surface area contributed by atoms with Crippen LogP contribution in [0.2, 0.25) is 0 Å². The fourth-order valence-corrected chi connectivity index (χ4v) is 4.40. The fourth-order valence-electron chi connectivity index (χ4n) is 4.40. The van der Waals surface area contributed by atoms with E-state index in [4.69, 9.17) is 14.5 Å². The molecule has 0 heterocycles. The van der Waals surface area contributed by atoms with Crippen molar-refractivity contribution in [3.63, 3.8) is 0 Å². The molecule has 0 amide bonds. The van der Waals surface area contributed by atoms with Crippen molar-refractivity contribution in [2.45, 2.75) is 52.2 Å². The topological polar surface area (TPSA) is 82.1 Å². The van der Waals surface area contributed by atoms with Crippen LogP contribution in [0.4, 0.5) is 0 Å². The molecule has 0 fully saturated rings. The van der Waals surface area contributed by atoms with Gasteiger partial charge in [-0.3, -0.25) is 4.89 Å². The van der Waals surface area contributed by atoms with E-state index in [0.717, 1.165) is 28.7 Å². The predicted molar refractivity (Wildman–Crippen MR) is 134 cm³/mol. The number of carbonyl (C=O) groups excluding carboxylic acids is 2. The minimum Gasteiger partial charge on any atom is -0.465 e. The largest absolute Gasteiger partial charge is 0.465 e. The molecule has 6 heteroatoms. The SMILES string of the molecule is CCC(O)C(CC)c1c(COOC(=O)c2cccc(C)c2C(=O)OC)cccc1-c1ccccc1. The Morgan fingerprint density at radius 2 is 1.60 bits per heavy atom. The molecule has 0 spiro atoms. The van der Waals surface area contributed by atoms with Gasteiger partial charge in [0.15, 0.2) is 0 Å². The molecule has 0 aliphatic heterocycles. The van der Waals surface area contributed by atoms with Crippen molar-refractivity contribution >= 4 is 11.9 Å². The summed E-state index contributed by atoms with van der Waals surface area (Å²) in [5.41, 5.74) is 4.64. The molecule has 3 aromatic rings. The van der Waals surface area contributed by atoms with E-state index < -0.39 is 18.0 Å². The van der Waals surface area contributed by atoms with Crippen molar-refractivity contribution in [2.24, 2.45) is 0 Å². The van der Waals surface area contributed by atoms with Crippen LogP contribution in [-0.4, -0.2) is 30.3 Å². The number of aliphatic hydroxyl groups is 1. The molecule has 2 unspecified atom stereocenters. The van der Waals surface area contributed by atoms with Gasteiger partial charge in [0.05, 0.1) is 24.3 Å². The highest BCUT2D eigenvalue weighted by Gasteiger charge is 2.25. The van der Waals surface area contributed by atoms with Gasteiger partial charge in [0, 0.05) is 5.92 Å². The monoisotopic (exact) mass is 476 g/mol. The van der Waals surface area contributed by atoms with E-state index in [1.165, 1.54) is 13.2 Å². The third-order valence-electron chi connectivity index (χ3n) is 6.21. The van der Waals surface area contributed by atoms with Crippen LogP contribution in [0.3, 0.4) is 0 Å². The molecule has 1 N–H and O–H groups in total. The van der Waals surface area contributed by atoms with Crippen LogP contribution in [0.5, 0.6) is 0 Å². The Kier molecular flexibility index (Phi) is 9.18. The zero-order chi connectivity index (χ0) is 25.4. The lowest BCUT2D eigenvalue weighted by Crippen LogP contribution is -2.20. The third-order valence-corrected chi connectivity index (χ3v) is 6.21. The molecule has 0 aliphatic rings. The van der Waals surface area contributed by atoms with Crippen molar-refractivity contribution < 1.29 is 29.2 Å². The smallest absolute Gasteiger partial charge is 0.373 e. The van der Waals surface area contributed by atoms with E-state index in [9.17, 15) is 14.7 Å². The van der Waals surface area contributed by atoms with Crippen LogP contribution < -0.4 is 0 Å². The Morgan fingerprint density at radius 3 is 2.26 bits per heavy atom. The van der Waals surface area contributed by atoms with Crippen molar-refractivity contribution in [2.75, 3.05) is 7.11 Å². The lowest BCUT2D eigenvalue weighted by molar-refractivity contribution is -0.250. The van der Waals surface area contributed by atoms with Gasteiger partial charge in [-0.2, -0.15) is 4.89 Å². The number of aliphatic hydroxyl groups excluding tert-OH is 1. The Hall–Kier alpha value is -3.48. The highest BCUT2D eigenvalue weighted by atomic mass is 17.2. The average Bonchev–Trinajstić information content (AvgIpc) is 2.89. The first-order valence-corrected chi connectivity index (χ1v) is 11.8. The van der Waals surface area contributed by atoms with E-state index in [2.05, 4.69) is 0 Å². The summed E-state index contributed by atoms with van der Waals surface area (Å²) in [5, 5.41) is 10.8. The van der Waals surface area contributed by atoms with Gasteiger partial charge < -0.3 is 9.84 Å². The summed E-state index contributed by atoms with van der Waals surface area (Å²) >= 11 is 0. The second kappa shape index (κ2) is 12.3. The second-order valence-electron chi connectivity index (χ2n) is 8.36. The molecule has 2 atom stereocenters. The molecule has 0 saturated heterocycles. The van der Waals surface area contributed by atoms with Crippen molar-refractivity contribution in [3.05, 3.63) is 94.5 Å². The van der Waals surface area contributed by atoms with Crippen molar-refractivity contribution in [1.29, 1.82) is 0 Å². The molecule has 0 saturated carbocycles. The summed E-state index contributed by atoms with van der Waals surface area (Å²) in [6.07, 6.45) is 0.818. The molecule has 0 aromatic heterocycles. The summed E-state index contributed by atoms with van der Waals surface area (Å²) in [7, 11) is 1.26. The maximum Gasteiger partial charge on any atom is 0.373 e. The normalized spacial score (nSPS) is 12.6. The molecule has 184 valence electrons. The zero-order valence-corrected chi connectivity index (χ0v) is 20.6. The standard InChI is InChI=1S/C29H32O6/c1-5-22(25(30)6-2)27-21(15-11-16-23(27)20-13-8-7-9-14-20)18-34-35-28(31)24-17-10-12-19(3)26(24)29(32)33-4/h7-17,22,25,30H,5-6,18H2,1-4H3. The highest BCUT2D eigenvalue weighted by molar-refractivity contribution is 6.04. The first-order chi connectivity index (χ1) is 16.9. The molecule has 3 aromatic carbocycles. The maximum absolute atomic E-state index is 12.8. The summed E-state index contributed by atoms with van der Waals surface area (Å²) < 4.78 is 4.81. The highest BCUT2D eigenvalue weighted by Crippen LogP contribution is 2.37. The van der Waals surface area contributed by atoms with E-state index in [1.54, 1.807) is 19.1 Å². The molecule has 0 bridgehead atoms. The van der Waals surface area contributed by atoms with Gasteiger partial charge in [-0.25, -0.2) is 9.59 Å². The lowest BCUT2D eigenvalue weighted by Gasteiger charge is -2.26. The first kappa shape index (κ1) is 26.1. The number of esters is 1. The lowest BCUT2D eigenvalue weighted by atomic mass is 9.82. The molecule has 0 radical (unpaired) electrons. The van der Waals surface area contributed by atoms with E-state index in [-0.39, 0.29) is 23.7 Å². The van der Waals surface area contributed by atoms with Gasteiger partial charge >= 0.3 is 11.9 Å². The third kappa shape index (κ3) is 5.96. The number of rotatable bonds is 10. The van der Waals surface area contributed by atoms with Crippen molar-refractivity contribution in [3.8, 4) is 11.1 Å². The Bertz CT molecular complexity index is 1160. The van der Waals surface area contributed by atoms with Gasteiger partial charge in [0.1, 0.15) is 6.61 Å². The minimum atomic E-state index is -0.782. The number of hydrogen-bond donors (Lipinski definition) is 1. The number of ether oxygens (including phenoxy) is 1. The van der Waals surface area contributed by atoms with Gasteiger partial charge in [-0.1, -0.05) is 74.5 Å². The Labute approximate surface area is 206 Å². The first-order valence-electron chi connectivity index (χ1n) is 11.8. The van der Waals surface area contributed by atoms with Crippen LogP contribution in [0, 0.1) is 6.92 Å². The fraction of sp³-hybridized carbons (Fsp3) is 0.310. The molecular formula is C29H32O6. The number of methoxy groups -OCH3 is 1. The quantitative estimate of drug-likeness (QED) is 0.219. The summed E-state index contributed by atoms with van der Waals surface area (Å²) in [5.74, 6) is -1.52. The molecular weight excluding hydrogens is 444 g/mol. The number of carbonyl (C=O) groups is 2. The second-order valence-corrected chi connectivity index (χ2v) is 8.36. The summed E-state index contributed by atoms with van der Waals surface area (Å²) in [4.78, 5) is 35.4. The van der Waals surface area contributed by atoms with Gasteiger partial charge in [-0.05, 0) is 53.6 Å². The average molecular weight is 477 g/mol. The van der Waals surface area contributed by atoms with Gasteiger partial charge in [-0.15, -0.1) is 0 Å². The number of hydrogen-bond acceptors (Lipinski definition) is 6. The minimum absolute atomic E-state index is 0.00590. The Balaban J connectivity index is 1.90. The van der Waals surface area contributed by atoms with E-state index >= 15 is 0 Å². The maximum atomic E-state index is 12.8. The van der Waals surface area contributed by atoms with E-state index in [1.807, 2.05) is 62.4 Å². The molecule has 6 nitrogen and oxygen atoms in total. The van der Waals surface area contributed by atoms with Crippen LogP contribution in [0.1, 0.15) is 70.0 Å².